The van der Waals surface area contributed by atoms with Gasteiger partial charge in [-0.25, -0.2) is 0 Å². The van der Waals surface area contributed by atoms with E-state index in [1.807, 2.05) is 6.92 Å². The molecular formula is C8H15NO3. The Morgan fingerprint density at radius 2 is 2.17 bits per heavy atom. The minimum Gasteiger partial charge on any atom is -0.303 e. The summed E-state index contributed by atoms with van der Waals surface area (Å²) in [7, 11) is 0. The Morgan fingerprint density at radius 1 is 1.50 bits per heavy atom. The van der Waals surface area contributed by atoms with Crippen molar-refractivity contribution < 1.29 is 9.72 Å². The van der Waals surface area contributed by atoms with Crippen LogP contribution in [0.3, 0.4) is 0 Å². The zero-order chi connectivity index (χ0) is 9.40. The first-order valence-electron chi connectivity index (χ1n) is 4.27. The van der Waals surface area contributed by atoms with Crippen LogP contribution in [0.2, 0.25) is 0 Å². The molecule has 4 nitrogen and oxygen atoms in total. The van der Waals surface area contributed by atoms with Gasteiger partial charge in [0.15, 0.2) is 0 Å². The molecule has 70 valence electrons. The Bertz CT molecular complexity index is 147. The van der Waals surface area contributed by atoms with Gasteiger partial charge in [-0.1, -0.05) is 19.8 Å². The van der Waals surface area contributed by atoms with E-state index in [0.717, 1.165) is 25.5 Å². The fourth-order valence-electron chi connectivity index (χ4n) is 1.02. The van der Waals surface area contributed by atoms with E-state index in [4.69, 9.17) is 0 Å². The van der Waals surface area contributed by atoms with Crippen LogP contribution in [0.4, 0.5) is 0 Å². The standard InChI is InChI=1S/C8H15NO3/c1-2-3-4-8(7-10)5-6-9(11)12/h7-8H,2-6H2,1H3. The molecule has 0 saturated carbocycles. The molecule has 0 spiro atoms. The third-order valence-corrected chi connectivity index (χ3v) is 1.80. The number of nitro groups is 1. The fourth-order valence-corrected chi connectivity index (χ4v) is 1.02. The normalized spacial score (nSPS) is 12.4. The van der Waals surface area contributed by atoms with Crippen LogP contribution in [0, 0.1) is 16.0 Å². The predicted octanol–water partition coefficient (Wildman–Crippen LogP) is 1.66. The number of aldehydes is 1. The molecule has 0 N–H and O–H groups in total. The highest BCUT2D eigenvalue weighted by atomic mass is 16.6. The van der Waals surface area contributed by atoms with E-state index in [9.17, 15) is 14.9 Å². The first kappa shape index (κ1) is 11.1. The Balaban J connectivity index is 3.52. The van der Waals surface area contributed by atoms with E-state index in [1.165, 1.54) is 0 Å². The lowest BCUT2D eigenvalue weighted by molar-refractivity contribution is -0.481. The van der Waals surface area contributed by atoms with Crippen LogP contribution in [0.1, 0.15) is 32.6 Å². The molecule has 0 radical (unpaired) electrons. The van der Waals surface area contributed by atoms with Crippen LogP contribution in [-0.4, -0.2) is 17.8 Å². The maximum absolute atomic E-state index is 10.4. The lowest BCUT2D eigenvalue weighted by Crippen LogP contribution is -2.10. The van der Waals surface area contributed by atoms with Gasteiger partial charge in [0.25, 0.3) is 0 Å². The van der Waals surface area contributed by atoms with Gasteiger partial charge in [0, 0.05) is 17.3 Å². The zero-order valence-corrected chi connectivity index (χ0v) is 7.36. The van der Waals surface area contributed by atoms with Crippen molar-refractivity contribution in [1.29, 1.82) is 0 Å². The summed E-state index contributed by atoms with van der Waals surface area (Å²) < 4.78 is 0. The topological polar surface area (TPSA) is 60.2 Å². The summed E-state index contributed by atoms with van der Waals surface area (Å²) >= 11 is 0. The Labute approximate surface area is 72.1 Å². The van der Waals surface area contributed by atoms with E-state index < -0.39 is 0 Å². The molecule has 0 aliphatic heterocycles. The number of carbonyl (C=O) groups is 1. The molecule has 1 unspecified atom stereocenters. The Kier molecular flexibility index (Phi) is 6.24. The van der Waals surface area contributed by atoms with E-state index in [0.29, 0.717) is 6.42 Å². The molecule has 0 amide bonds. The minimum absolute atomic E-state index is 0.0902. The summed E-state index contributed by atoms with van der Waals surface area (Å²) in [5.41, 5.74) is 0. The maximum Gasteiger partial charge on any atom is 0.204 e. The molecule has 0 aliphatic carbocycles. The molecule has 0 rings (SSSR count). The van der Waals surface area contributed by atoms with Gasteiger partial charge in [0.05, 0.1) is 0 Å². The van der Waals surface area contributed by atoms with Gasteiger partial charge in [-0.15, -0.1) is 0 Å². The third kappa shape index (κ3) is 5.82. The Morgan fingerprint density at radius 3 is 2.58 bits per heavy atom. The largest absolute Gasteiger partial charge is 0.303 e. The van der Waals surface area contributed by atoms with Crippen LogP contribution in [-0.2, 0) is 4.79 Å². The fraction of sp³-hybridized carbons (Fsp3) is 0.875. The van der Waals surface area contributed by atoms with E-state index >= 15 is 0 Å². The highest BCUT2D eigenvalue weighted by molar-refractivity contribution is 5.53. The number of hydrogen-bond acceptors (Lipinski definition) is 3. The molecule has 4 heteroatoms. The number of rotatable bonds is 7. The number of unbranched alkanes of at least 4 members (excludes halogenated alkanes) is 1. The van der Waals surface area contributed by atoms with Crippen molar-refractivity contribution in [2.75, 3.05) is 6.54 Å². The van der Waals surface area contributed by atoms with E-state index in [-0.39, 0.29) is 17.4 Å². The summed E-state index contributed by atoms with van der Waals surface area (Å²) in [6.07, 6.45) is 4.01. The monoisotopic (exact) mass is 173 g/mol. The van der Waals surface area contributed by atoms with Crippen LogP contribution < -0.4 is 0 Å². The van der Waals surface area contributed by atoms with Gasteiger partial charge in [-0.2, -0.15) is 0 Å². The quantitative estimate of drug-likeness (QED) is 0.334. The van der Waals surface area contributed by atoms with Gasteiger partial charge in [-0.3, -0.25) is 10.1 Å². The molecule has 12 heavy (non-hydrogen) atoms. The third-order valence-electron chi connectivity index (χ3n) is 1.80. The zero-order valence-electron chi connectivity index (χ0n) is 7.36. The minimum atomic E-state index is -0.373. The molecule has 0 bridgehead atoms. The lowest BCUT2D eigenvalue weighted by Gasteiger charge is -2.04. The number of hydrogen-bond donors (Lipinski definition) is 0. The highest BCUT2D eigenvalue weighted by Crippen LogP contribution is 2.09. The molecule has 0 heterocycles. The first-order valence-corrected chi connectivity index (χ1v) is 4.27. The van der Waals surface area contributed by atoms with Gasteiger partial charge < -0.3 is 4.79 Å². The summed E-state index contributed by atoms with van der Waals surface area (Å²) in [5, 5.41) is 9.98. The number of nitrogens with zero attached hydrogens (tertiary/aromatic N) is 1. The molecule has 0 saturated heterocycles. The van der Waals surface area contributed by atoms with E-state index in [1.54, 1.807) is 0 Å². The molecule has 0 aromatic carbocycles. The summed E-state index contributed by atoms with van der Waals surface area (Å²) in [5.74, 6) is -0.115. The average molecular weight is 173 g/mol. The second kappa shape index (κ2) is 6.76. The molecule has 1 atom stereocenters. The van der Waals surface area contributed by atoms with Crippen molar-refractivity contribution in [2.24, 2.45) is 5.92 Å². The second-order valence-electron chi connectivity index (χ2n) is 2.88. The average Bonchev–Trinajstić information content (AvgIpc) is 2.05. The van der Waals surface area contributed by atoms with Gasteiger partial charge in [0.1, 0.15) is 6.29 Å². The predicted molar refractivity (Wildman–Crippen MR) is 45.6 cm³/mol. The number of carbonyl (C=O) groups excluding carboxylic acids is 1. The highest BCUT2D eigenvalue weighted by Gasteiger charge is 2.09. The van der Waals surface area contributed by atoms with E-state index in [2.05, 4.69) is 0 Å². The molecule has 0 aliphatic rings. The summed E-state index contributed by atoms with van der Waals surface area (Å²) in [6, 6.07) is 0. The van der Waals surface area contributed by atoms with Gasteiger partial charge >= 0.3 is 0 Å². The van der Waals surface area contributed by atoms with Crippen molar-refractivity contribution in [3.05, 3.63) is 10.1 Å². The summed E-state index contributed by atoms with van der Waals surface area (Å²) in [4.78, 5) is 20.0. The first-order chi connectivity index (χ1) is 5.70. The lowest BCUT2D eigenvalue weighted by atomic mass is 10.0. The van der Waals surface area contributed by atoms with Gasteiger partial charge in [-0.05, 0) is 6.42 Å². The van der Waals surface area contributed by atoms with Crippen LogP contribution in [0.15, 0.2) is 0 Å². The van der Waals surface area contributed by atoms with Crippen LogP contribution in [0.25, 0.3) is 0 Å². The second-order valence-corrected chi connectivity index (χ2v) is 2.88. The molecule has 0 aromatic rings. The van der Waals surface area contributed by atoms with Crippen molar-refractivity contribution in [3.63, 3.8) is 0 Å². The Hall–Kier alpha value is -0.930. The van der Waals surface area contributed by atoms with Crippen molar-refractivity contribution >= 4 is 6.29 Å². The van der Waals surface area contributed by atoms with Crippen molar-refractivity contribution in [3.8, 4) is 0 Å². The SMILES string of the molecule is CCCCC(C=O)CC[N+](=O)[O-]. The van der Waals surface area contributed by atoms with Crippen LogP contribution >= 0.6 is 0 Å². The molecule has 0 fully saturated rings. The molecule has 0 aromatic heterocycles. The van der Waals surface area contributed by atoms with Gasteiger partial charge in [0.2, 0.25) is 6.54 Å². The molecular weight excluding hydrogens is 158 g/mol. The maximum atomic E-state index is 10.4. The van der Waals surface area contributed by atoms with Crippen molar-refractivity contribution in [1.82, 2.24) is 0 Å². The van der Waals surface area contributed by atoms with Crippen molar-refractivity contribution in [2.45, 2.75) is 32.6 Å². The summed E-state index contributed by atoms with van der Waals surface area (Å²) in [6.45, 7) is 1.95. The smallest absolute Gasteiger partial charge is 0.204 e. The van der Waals surface area contributed by atoms with Crippen LogP contribution in [0.5, 0.6) is 0 Å².